The number of carbonyl (C=O) groups excluding carboxylic acids is 1. The van der Waals surface area contributed by atoms with Crippen LogP contribution < -0.4 is 0 Å². The Kier molecular flexibility index (Phi) is 6.79. The van der Waals surface area contributed by atoms with Crippen molar-refractivity contribution in [2.45, 2.75) is 32.4 Å². The molecule has 1 atom stereocenters. The lowest BCUT2D eigenvalue weighted by Gasteiger charge is -2.43. The van der Waals surface area contributed by atoms with E-state index in [1.807, 2.05) is 24.1 Å². The number of piperidine rings is 1. The normalized spacial score (nSPS) is 21.3. The number of ether oxygens (including phenoxy) is 1. The van der Waals surface area contributed by atoms with Crippen LogP contribution in [-0.4, -0.2) is 77.7 Å². The lowest BCUT2D eigenvalue weighted by Crippen LogP contribution is -2.55. The second-order valence-corrected chi connectivity index (χ2v) is 8.87. The average molecular weight is 415 g/mol. The van der Waals surface area contributed by atoms with Gasteiger partial charge in [0.2, 0.25) is 0 Å². The van der Waals surface area contributed by atoms with E-state index in [9.17, 15) is 4.79 Å². The van der Waals surface area contributed by atoms with Crippen LogP contribution in [0.3, 0.4) is 0 Å². The maximum atomic E-state index is 11.9. The van der Waals surface area contributed by atoms with Gasteiger partial charge in [-0.15, -0.1) is 11.3 Å². The van der Waals surface area contributed by atoms with E-state index < -0.39 is 0 Å². The minimum Gasteiger partial charge on any atom is -0.450 e. The molecule has 1 aromatic heterocycles. The second-order valence-electron chi connectivity index (χ2n) is 7.75. The zero-order valence-electron chi connectivity index (χ0n) is 17.1. The van der Waals surface area contributed by atoms with E-state index in [0.29, 0.717) is 12.6 Å². The van der Waals surface area contributed by atoms with Gasteiger partial charge < -0.3 is 9.64 Å². The van der Waals surface area contributed by atoms with Gasteiger partial charge in [-0.25, -0.2) is 9.78 Å². The van der Waals surface area contributed by atoms with Crippen molar-refractivity contribution in [2.24, 2.45) is 0 Å². The van der Waals surface area contributed by atoms with Crippen molar-refractivity contribution in [1.29, 1.82) is 0 Å². The van der Waals surface area contributed by atoms with Gasteiger partial charge in [0, 0.05) is 61.9 Å². The highest BCUT2D eigenvalue weighted by atomic mass is 32.1. The molecule has 1 amide bonds. The van der Waals surface area contributed by atoms with Crippen LogP contribution in [0.5, 0.6) is 0 Å². The molecule has 0 spiro atoms. The standard InChI is InChI=1S/C22H30N4O2S/c1-2-28-22(27)26-13-11-25(12-14-26)19-9-6-10-24(16-19)17-20-15-23-21(29-20)18-7-4-3-5-8-18/h3-5,7-8,15,19H,2,6,9-14,16-17H2,1H3/t19-/m0/s1. The Labute approximate surface area is 177 Å². The van der Waals surface area contributed by atoms with Crippen LogP contribution in [0.25, 0.3) is 10.6 Å². The molecular formula is C22H30N4O2S. The molecule has 4 rings (SSSR count). The fraction of sp³-hybridized carbons (Fsp3) is 0.545. The molecular weight excluding hydrogens is 384 g/mol. The van der Waals surface area contributed by atoms with E-state index in [-0.39, 0.29) is 6.09 Å². The smallest absolute Gasteiger partial charge is 0.409 e. The number of hydrogen-bond acceptors (Lipinski definition) is 6. The number of benzene rings is 1. The summed E-state index contributed by atoms with van der Waals surface area (Å²) in [5.74, 6) is 0. The van der Waals surface area contributed by atoms with Gasteiger partial charge >= 0.3 is 6.09 Å². The first-order chi connectivity index (χ1) is 14.2. The number of nitrogens with zero attached hydrogens (tertiary/aromatic N) is 4. The zero-order chi connectivity index (χ0) is 20.1. The Morgan fingerprint density at radius 3 is 2.72 bits per heavy atom. The summed E-state index contributed by atoms with van der Waals surface area (Å²) in [4.78, 5) is 24.8. The predicted molar refractivity (Wildman–Crippen MR) is 116 cm³/mol. The van der Waals surface area contributed by atoms with Gasteiger partial charge in [0.15, 0.2) is 0 Å². The van der Waals surface area contributed by atoms with Crippen molar-refractivity contribution in [3.05, 3.63) is 41.4 Å². The molecule has 2 aliphatic heterocycles. The van der Waals surface area contributed by atoms with E-state index >= 15 is 0 Å². The number of likely N-dealkylation sites (tertiary alicyclic amines) is 1. The van der Waals surface area contributed by atoms with Crippen molar-refractivity contribution in [3.63, 3.8) is 0 Å². The molecule has 0 saturated carbocycles. The third kappa shape index (κ3) is 5.15. The highest BCUT2D eigenvalue weighted by molar-refractivity contribution is 7.15. The van der Waals surface area contributed by atoms with E-state index in [2.05, 4.69) is 39.0 Å². The second kappa shape index (κ2) is 9.69. The summed E-state index contributed by atoms with van der Waals surface area (Å²) in [5.41, 5.74) is 1.19. The lowest BCUT2D eigenvalue weighted by molar-refractivity contribution is 0.0414. The van der Waals surface area contributed by atoms with E-state index in [0.717, 1.165) is 50.8 Å². The van der Waals surface area contributed by atoms with Gasteiger partial charge in [-0.3, -0.25) is 9.80 Å². The van der Waals surface area contributed by atoms with Gasteiger partial charge in [0.25, 0.3) is 0 Å². The Balaban J connectivity index is 1.29. The number of rotatable bonds is 5. The maximum Gasteiger partial charge on any atom is 0.409 e. The molecule has 0 bridgehead atoms. The topological polar surface area (TPSA) is 48.9 Å². The first kappa shape index (κ1) is 20.3. The molecule has 2 aromatic rings. The summed E-state index contributed by atoms with van der Waals surface area (Å²) in [6, 6.07) is 11.0. The quantitative estimate of drug-likeness (QED) is 0.749. The molecule has 7 heteroatoms. The Morgan fingerprint density at radius 1 is 1.17 bits per heavy atom. The molecule has 0 N–H and O–H groups in total. The fourth-order valence-electron chi connectivity index (χ4n) is 4.27. The summed E-state index contributed by atoms with van der Waals surface area (Å²) < 4.78 is 5.13. The predicted octanol–water partition coefficient (Wildman–Crippen LogP) is 3.55. The van der Waals surface area contributed by atoms with Gasteiger partial charge in [-0.05, 0) is 26.3 Å². The highest BCUT2D eigenvalue weighted by Gasteiger charge is 2.30. The third-order valence-corrected chi connectivity index (χ3v) is 6.82. The summed E-state index contributed by atoms with van der Waals surface area (Å²) in [6.07, 6.45) is 4.34. The number of amides is 1. The molecule has 29 heavy (non-hydrogen) atoms. The van der Waals surface area contributed by atoms with Crippen molar-refractivity contribution in [1.82, 2.24) is 19.7 Å². The molecule has 2 saturated heterocycles. The molecule has 0 radical (unpaired) electrons. The summed E-state index contributed by atoms with van der Waals surface area (Å²) in [7, 11) is 0. The van der Waals surface area contributed by atoms with Gasteiger partial charge in [0.05, 0.1) is 6.61 Å². The van der Waals surface area contributed by atoms with E-state index in [4.69, 9.17) is 4.74 Å². The maximum absolute atomic E-state index is 11.9. The van der Waals surface area contributed by atoms with Crippen LogP contribution in [0.15, 0.2) is 36.5 Å². The number of thiazole rings is 1. The lowest BCUT2D eigenvalue weighted by atomic mass is 10.0. The van der Waals surface area contributed by atoms with Crippen LogP contribution in [0.2, 0.25) is 0 Å². The first-order valence-electron chi connectivity index (χ1n) is 10.6. The molecule has 0 aliphatic carbocycles. The number of aromatic nitrogens is 1. The van der Waals surface area contributed by atoms with Crippen molar-refractivity contribution in [3.8, 4) is 10.6 Å². The zero-order valence-corrected chi connectivity index (χ0v) is 17.9. The molecule has 6 nitrogen and oxygen atoms in total. The van der Waals surface area contributed by atoms with Crippen molar-refractivity contribution in [2.75, 3.05) is 45.9 Å². The Morgan fingerprint density at radius 2 is 1.97 bits per heavy atom. The number of piperazine rings is 1. The van der Waals surface area contributed by atoms with Gasteiger partial charge in [-0.2, -0.15) is 0 Å². The van der Waals surface area contributed by atoms with E-state index in [1.54, 1.807) is 11.3 Å². The van der Waals surface area contributed by atoms with Crippen LogP contribution in [0, 0.1) is 0 Å². The first-order valence-corrected chi connectivity index (χ1v) is 11.4. The fourth-order valence-corrected chi connectivity index (χ4v) is 5.23. The molecule has 0 unspecified atom stereocenters. The Bertz CT molecular complexity index is 789. The van der Waals surface area contributed by atoms with Crippen LogP contribution >= 0.6 is 11.3 Å². The SMILES string of the molecule is CCOC(=O)N1CCN([C@H]2CCCN(Cc3cnc(-c4ccccc4)s3)C2)CC1. The largest absolute Gasteiger partial charge is 0.450 e. The minimum atomic E-state index is -0.170. The number of carbonyl (C=O) groups is 1. The third-order valence-electron chi connectivity index (χ3n) is 5.79. The molecule has 156 valence electrons. The molecule has 2 aliphatic rings. The van der Waals surface area contributed by atoms with E-state index in [1.165, 1.54) is 23.3 Å². The molecule has 1 aromatic carbocycles. The monoisotopic (exact) mass is 414 g/mol. The van der Waals surface area contributed by atoms with Gasteiger partial charge in [-0.1, -0.05) is 30.3 Å². The van der Waals surface area contributed by atoms with Gasteiger partial charge in [0.1, 0.15) is 5.01 Å². The molecule has 2 fully saturated rings. The van der Waals surface area contributed by atoms with Crippen LogP contribution in [-0.2, 0) is 11.3 Å². The summed E-state index contributed by atoms with van der Waals surface area (Å²) in [6.45, 7) is 8.94. The summed E-state index contributed by atoms with van der Waals surface area (Å²) in [5, 5.41) is 1.10. The summed E-state index contributed by atoms with van der Waals surface area (Å²) >= 11 is 1.80. The number of hydrogen-bond donors (Lipinski definition) is 0. The van der Waals surface area contributed by atoms with Crippen molar-refractivity contribution >= 4 is 17.4 Å². The minimum absolute atomic E-state index is 0.170. The van der Waals surface area contributed by atoms with Crippen molar-refractivity contribution < 1.29 is 9.53 Å². The van der Waals surface area contributed by atoms with Crippen LogP contribution in [0.4, 0.5) is 4.79 Å². The highest BCUT2D eigenvalue weighted by Crippen LogP contribution is 2.27. The van der Waals surface area contributed by atoms with Crippen LogP contribution in [0.1, 0.15) is 24.6 Å². The Hall–Kier alpha value is -1.96. The molecule has 3 heterocycles. The average Bonchev–Trinajstić information content (AvgIpc) is 3.23.